The molecule has 0 aromatic heterocycles. The molecule has 0 radical (unpaired) electrons. The fourth-order valence-electron chi connectivity index (χ4n) is 6.79. The molecule has 2 N–H and O–H groups in total. The summed E-state index contributed by atoms with van der Waals surface area (Å²) in [7, 11) is 0. The molecule has 3 aliphatic rings. The molecule has 284 valence electrons. The predicted octanol–water partition coefficient (Wildman–Crippen LogP) is 5.94. The minimum absolute atomic E-state index is 0.00691. The lowest BCUT2D eigenvalue weighted by Crippen LogP contribution is -2.51. The first-order valence-corrected chi connectivity index (χ1v) is 17.6. The van der Waals surface area contributed by atoms with Crippen LogP contribution in [0.5, 0.6) is 0 Å². The lowest BCUT2D eigenvalue weighted by atomic mass is 9.80. The predicted molar refractivity (Wildman–Crippen MR) is 185 cm³/mol. The molecule has 1 saturated carbocycles. The maximum atomic E-state index is 13.8. The Morgan fingerprint density at radius 3 is 2.26 bits per heavy atom. The number of hydrogen-bond donors (Lipinski definition) is 2. The van der Waals surface area contributed by atoms with Gasteiger partial charge in [0.15, 0.2) is 5.78 Å². The Labute approximate surface area is 308 Å². The van der Waals surface area contributed by atoms with Gasteiger partial charge in [-0.1, -0.05) is 48.9 Å². The van der Waals surface area contributed by atoms with Crippen LogP contribution >= 0.6 is 0 Å². The van der Waals surface area contributed by atoms with Gasteiger partial charge in [-0.05, 0) is 67.1 Å². The number of rotatable bonds is 13. The molecule has 11 nitrogen and oxygen atoms in total. The molecule has 2 atom stereocenters. The quantitative estimate of drug-likeness (QED) is 0.163. The molecule has 3 aromatic rings. The molecular weight excluding hydrogens is 712 g/mol. The van der Waals surface area contributed by atoms with Gasteiger partial charge in [0.25, 0.3) is 5.91 Å². The molecule has 1 saturated heterocycles. The van der Waals surface area contributed by atoms with E-state index in [4.69, 9.17) is 4.74 Å². The number of fused-ring (bicyclic) bond motifs is 2. The van der Waals surface area contributed by atoms with Crippen LogP contribution in [0.3, 0.4) is 0 Å². The molecule has 54 heavy (non-hydrogen) atoms. The molecular formula is C39H38F4N4O7. The number of ketones is 1. The largest absolute Gasteiger partial charge is 0.427 e. The van der Waals surface area contributed by atoms with Gasteiger partial charge in [0, 0.05) is 55.1 Å². The maximum Gasteiger partial charge on any atom is 0.418 e. The van der Waals surface area contributed by atoms with Crippen LogP contribution in [0.2, 0.25) is 0 Å². The minimum Gasteiger partial charge on any atom is -0.427 e. The van der Waals surface area contributed by atoms with Crippen molar-refractivity contribution in [2.24, 2.45) is 5.92 Å². The Balaban J connectivity index is 1.02. The van der Waals surface area contributed by atoms with Crippen molar-refractivity contribution in [1.29, 1.82) is 0 Å². The first-order valence-electron chi connectivity index (χ1n) is 17.6. The summed E-state index contributed by atoms with van der Waals surface area (Å²) < 4.78 is 60.2. The summed E-state index contributed by atoms with van der Waals surface area (Å²) in [6.45, 7) is -0.553. The van der Waals surface area contributed by atoms with E-state index in [1.54, 1.807) is 30.3 Å². The highest BCUT2D eigenvalue weighted by atomic mass is 19.4. The first-order chi connectivity index (χ1) is 25.6. The number of benzene rings is 3. The molecule has 15 heteroatoms. The highest BCUT2D eigenvalue weighted by molar-refractivity contribution is 6.06. The molecule has 1 aliphatic heterocycles. The molecule has 3 aromatic carbocycles. The van der Waals surface area contributed by atoms with Crippen molar-refractivity contribution in [1.82, 2.24) is 15.1 Å². The van der Waals surface area contributed by atoms with Crippen LogP contribution in [-0.2, 0) is 49.0 Å². The SMILES string of the molecule is C[C@H](N(Cc1ccc(F)cc1)C(=O)CN1C(=O)OC2(CCc3cc(NC(=O)CCC(=O)NCc4ccc(C(=O)C5CCC5)cc4)ccc32)C1=O)C(F)(F)F. The van der Waals surface area contributed by atoms with E-state index in [0.29, 0.717) is 32.2 Å². The Bertz CT molecular complexity index is 1960. The van der Waals surface area contributed by atoms with Crippen LogP contribution in [0.4, 0.5) is 28.0 Å². The van der Waals surface area contributed by atoms with Crippen LogP contribution in [-0.4, -0.2) is 64.1 Å². The third-order valence-corrected chi connectivity index (χ3v) is 10.2. The van der Waals surface area contributed by atoms with Gasteiger partial charge in [-0.15, -0.1) is 0 Å². The average molecular weight is 751 g/mol. The van der Waals surface area contributed by atoms with Gasteiger partial charge in [0.05, 0.1) is 0 Å². The number of Topliss-reactive ketones (excluding diaryl/α,β-unsaturated/α-hetero) is 1. The second kappa shape index (κ2) is 15.4. The topological polar surface area (TPSA) is 142 Å². The van der Waals surface area contributed by atoms with Gasteiger partial charge in [0.1, 0.15) is 18.4 Å². The van der Waals surface area contributed by atoms with Crippen molar-refractivity contribution >= 4 is 41.2 Å². The van der Waals surface area contributed by atoms with Crippen molar-refractivity contribution < 1.29 is 51.1 Å². The van der Waals surface area contributed by atoms with Gasteiger partial charge in [-0.25, -0.2) is 14.1 Å². The fourth-order valence-corrected chi connectivity index (χ4v) is 6.79. The van der Waals surface area contributed by atoms with Crippen molar-refractivity contribution in [2.45, 2.75) is 82.8 Å². The van der Waals surface area contributed by atoms with E-state index >= 15 is 0 Å². The highest BCUT2D eigenvalue weighted by Crippen LogP contribution is 2.46. The van der Waals surface area contributed by atoms with Crippen LogP contribution < -0.4 is 10.6 Å². The number of imide groups is 1. The molecule has 6 rings (SSSR count). The van der Waals surface area contributed by atoms with Crippen LogP contribution in [0.15, 0.2) is 66.7 Å². The normalized spacial score (nSPS) is 18.5. The van der Waals surface area contributed by atoms with E-state index in [1.165, 1.54) is 24.3 Å². The molecule has 1 unspecified atom stereocenters. The van der Waals surface area contributed by atoms with Gasteiger partial charge in [-0.3, -0.25) is 24.0 Å². The number of anilines is 1. The molecule has 1 heterocycles. The highest BCUT2D eigenvalue weighted by Gasteiger charge is 2.58. The molecule has 5 amide bonds. The number of ether oxygens (including phenoxy) is 1. The summed E-state index contributed by atoms with van der Waals surface area (Å²) in [6, 6.07) is 13.9. The lowest BCUT2D eigenvalue weighted by molar-refractivity contribution is -0.187. The standard InChI is InChI=1S/C39H38F4N4O7/c1-23(39(41,42)43)46(21-25-7-11-29(40)12-8-25)34(50)22-47-36(52)38(54-37(47)53)18-17-28-19-30(13-14-31(28)38)45-33(49)16-15-32(48)44-20-24-5-9-27(10-6-24)35(51)26-3-2-4-26/h5-14,19,23,26H,2-4,15-18,20-22H2,1H3,(H,44,48)(H,45,49)/t23-,38?/m0/s1. The van der Waals surface area contributed by atoms with Crippen LogP contribution in [0.25, 0.3) is 0 Å². The molecule has 1 spiro atoms. The number of alkyl halides is 3. The Morgan fingerprint density at radius 1 is 0.944 bits per heavy atom. The number of aryl methyl sites for hydroxylation is 1. The van der Waals surface area contributed by atoms with E-state index in [2.05, 4.69) is 10.6 Å². The average Bonchev–Trinajstić information content (AvgIpc) is 3.59. The zero-order valence-corrected chi connectivity index (χ0v) is 29.3. The zero-order chi connectivity index (χ0) is 38.8. The smallest absolute Gasteiger partial charge is 0.418 e. The number of nitrogens with zero attached hydrogens (tertiary/aromatic N) is 2. The summed E-state index contributed by atoms with van der Waals surface area (Å²) in [5.41, 5.74) is 1.15. The number of nitrogens with one attached hydrogen (secondary N) is 2. The fraction of sp³-hybridized carbons (Fsp3) is 0.385. The van der Waals surface area contributed by atoms with Crippen molar-refractivity contribution in [3.8, 4) is 0 Å². The second-order valence-electron chi connectivity index (χ2n) is 13.8. The summed E-state index contributed by atoms with van der Waals surface area (Å²) in [5, 5.41) is 5.47. The Kier molecular flexibility index (Phi) is 10.9. The third kappa shape index (κ3) is 8.14. The maximum absolute atomic E-state index is 13.8. The Hall–Kier alpha value is -5.60. The van der Waals surface area contributed by atoms with E-state index in [-0.39, 0.29) is 55.4 Å². The van der Waals surface area contributed by atoms with Crippen molar-refractivity contribution in [2.75, 3.05) is 11.9 Å². The minimum atomic E-state index is -4.83. The van der Waals surface area contributed by atoms with Crippen LogP contribution in [0.1, 0.15) is 78.1 Å². The van der Waals surface area contributed by atoms with Crippen molar-refractivity contribution in [3.63, 3.8) is 0 Å². The summed E-state index contributed by atoms with van der Waals surface area (Å²) >= 11 is 0. The summed E-state index contributed by atoms with van der Waals surface area (Å²) in [5.74, 6) is -3.22. The Morgan fingerprint density at radius 2 is 1.61 bits per heavy atom. The zero-order valence-electron chi connectivity index (χ0n) is 29.3. The molecule has 0 bridgehead atoms. The van der Waals surface area contributed by atoms with E-state index in [9.17, 15) is 46.3 Å². The first kappa shape index (κ1) is 38.1. The molecule has 2 aliphatic carbocycles. The summed E-state index contributed by atoms with van der Waals surface area (Å²) in [4.78, 5) is 78.4. The number of carbonyl (C=O) groups is 6. The van der Waals surface area contributed by atoms with E-state index in [1.807, 2.05) is 0 Å². The summed E-state index contributed by atoms with van der Waals surface area (Å²) in [6.07, 6.45) is -3.05. The van der Waals surface area contributed by atoms with Gasteiger partial charge >= 0.3 is 12.3 Å². The number of halogens is 4. The molecule has 2 fully saturated rings. The lowest BCUT2D eigenvalue weighted by Gasteiger charge is -2.31. The van der Waals surface area contributed by atoms with Crippen LogP contribution in [0, 0.1) is 11.7 Å². The number of carbonyl (C=O) groups excluding carboxylic acids is 6. The van der Waals surface area contributed by atoms with Gasteiger partial charge < -0.3 is 20.3 Å². The number of amides is 5. The monoisotopic (exact) mass is 750 g/mol. The van der Waals surface area contributed by atoms with E-state index < -0.39 is 60.5 Å². The third-order valence-electron chi connectivity index (χ3n) is 10.2. The number of hydrogen-bond acceptors (Lipinski definition) is 7. The van der Waals surface area contributed by atoms with Crippen molar-refractivity contribution in [3.05, 3.63) is 100 Å². The van der Waals surface area contributed by atoms with Gasteiger partial charge in [0.2, 0.25) is 23.3 Å². The van der Waals surface area contributed by atoms with E-state index in [0.717, 1.165) is 43.9 Å². The van der Waals surface area contributed by atoms with Gasteiger partial charge in [-0.2, -0.15) is 13.2 Å². The second-order valence-corrected chi connectivity index (χ2v) is 13.8.